The lowest BCUT2D eigenvalue weighted by Crippen LogP contribution is -2.11. The molecule has 0 aliphatic carbocycles. The Kier molecular flexibility index (Phi) is 2.14. The van der Waals surface area contributed by atoms with Gasteiger partial charge >= 0.3 is 0 Å². The molecule has 1 aliphatic heterocycles. The van der Waals surface area contributed by atoms with E-state index >= 15 is 0 Å². The summed E-state index contributed by atoms with van der Waals surface area (Å²) in [5.41, 5.74) is 3.59. The standard InChI is InChI=1S/C12H12ClN3/c1-16-12(9(13)7-14-16)11-6-8-4-2-3-5-10(8)15-11/h2-5,7,11,15H,6H2,1H3. The minimum Gasteiger partial charge on any atom is -0.376 e. The Morgan fingerprint density at radius 2 is 2.25 bits per heavy atom. The SMILES string of the molecule is Cn1ncc(Cl)c1C1Cc2ccccc2N1. The molecule has 0 bridgehead atoms. The Morgan fingerprint density at radius 3 is 2.94 bits per heavy atom. The van der Waals surface area contributed by atoms with Gasteiger partial charge in [-0.25, -0.2) is 0 Å². The molecule has 1 unspecified atom stereocenters. The lowest BCUT2D eigenvalue weighted by atomic mass is 10.1. The Labute approximate surface area is 99.0 Å². The summed E-state index contributed by atoms with van der Waals surface area (Å²) >= 11 is 6.14. The van der Waals surface area contributed by atoms with Gasteiger partial charge in [-0.15, -0.1) is 0 Å². The highest BCUT2D eigenvalue weighted by Gasteiger charge is 2.25. The number of hydrogen-bond donors (Lipinski definition) is 1. The van der Waals surface area contributed by atoms with Crippen molar-refractivity contribution in [2.75, 3.05) is 5.32 Å². The number of anilines is 1. The molecule has 0 saturated carbocycles. The van der Waals surface area contributed by atoms with E-state index < -0.39 is 0 Å². The average molecular weight is 234 g/mol. The van der Waals surface area contributed by atoms with E-state index in [0.717, 1.165) is 17.1 Å². The maximum atomic E-state index is 6.14. The first-order valence-corrected chi connectivity index (χ1v) is 5.65. The lowest BCUT2D eigenvalue weighted by Gasteiger charge is -2.12. The van der Waals surface area contributed by atoms with Crippen LogP contribution in [0.25, 0.3) is 0 Å². The molecule has 2 aromatic rings. The molecule has 3 nitrogen and oxygen atoms in total. The van der Waals surface area contributed by atoms with Gasteiger partial charge in [0.25, 0.3) is 0 Å². The molecule has 1 N–H and O–H groups in total. The van der Waals surface area contributed by atoms with Gasteiger partial charge in [0.1, 0.15) is 0 Å². The van der Waals surface area contributed by atoms with Crippen LogP contribution in [-0.2, 0) is 13.5 Å². The van der Waals surface area contributed by atoms with Crippen molar-refractivity contribution in [1.29, 1.82) is 0 Å². The summed E-state index contributed by atoms with van der Waals surface area (Å²) in [6, 6.07) is 8.58. The first kappa shape index (κ1) is 9.73. The number of aromatic nitrogens is 2. The number of nitrogens with one attached hydrogen (secondary N) is 1. The third-order valence-electron chi connectivity index (χ3n) is 3.04. The van der Waals surface area contributed by atoms with Gasteiger partial charge in [0, 0.05) is 19.2 Å². The summed E-state index contributed by atoms with van der Waals surface area (Å²) in [7, 11) is 1.92. The van der Waals surface area contributed by atoms with Crippen LogP contribution in [-0.4, -0.2) is 9.78 Å². The van der Waals surface area contributed by atoms with E-state index in [1.807, 2.05) is 17.8 Å². The Bertz CT molecular complexity index is 488. The normalized spacial score (nSPS) is 18.2. The molecule has 1 aromatic carbocycles. The third kappa shape index (κ3) is 1.39. The predicted octanol–water partition coefficient (Wildman–Crippen LogP) is 2.78. The zero-order valence-corrected chi connectivity index (χ0v) is 9.70. The summed E-state index contributed by atoms with van der Waals surface area (Å²) in [5, 5.41) is 8.37. The smallest absolute Gasteiger partial charge is 0.0839 e. The molecular formula is C12H12ClN3. The van der Waals surface area contributed by atoms with Crippen LogP contribution in [0.2, 0.25) is 5.02 Å². The summed E-state index contributed by atoms with van der Waals surface area (Å²) in [6.07, 6.45) is 2.66. The molecule has 3 rings (SSSR count). The molecule has 0 fully saturated rings. The quantitative estimate of drug-likeness (QED) is 0.821. The molecule has 0 saturated heterocycles. The Balaban J connectivity index is 1.97. The van der Waals surface area contributed by atoms with Crippen LogP contribution in [0.15, 0.2) is 30.5 Å². The first-order chi connectivity index (χ1) is 7.75. The third-order valence-corrected chi connectivity index (χ3v) is 3.33. The minimum atomic E-state index is 0.234. The van der Waals surface area contributed by atoms with Crippen molar-refractivity contribution in [3.63, 3.8) is 0 Å². The maximum Gasteiger partial charge on any atom is 0.0839 e. The van der Waals surface area contributed by atoms with E-state index in [-0.39, 0.29) is 6.04 Å². The molecule has 1 aliphatic rings. The van der Waals surface area contributed by atoms with E-state index in [9.17, 15) is 0 Å². The van der Waals surface area contributed by atoms with Gasteiger partial charge in [0.15, 0.2) is 0 Å². The number of hydrogen-bond acceptors (Lipinski definition) is 2. The average Bonchev–Trinajstić information content (AvgIpc) is 2.82. The largest absolute Gasteiger partial charge is 0.376 e. The van der Waals surface area contributed by atoms with Crippen LogP contribution in [0.5, 0.6) is 0 Å². The van der Waals surface area contributed by atoms with Gasteiger partial charge in [-0.1, -0.05) is 29.8 Å². The molecule has 82 valence electrons. The molecule has 0 spiro atoms. The van der Waals surface area contributed by atoms with E-state index in [2.05, 4.69) is 28.6 Å². The molecule has 2 heterocycles. The van der Waals surface area contributed by atoms with Gasteiger partial charge in [-0.3, -0.25) is 4.68 Å². The van der Waals surface area contributed by atoms with Crippen LogP contribution >= 0.6 is 11.6 Å². The fourth-order valence-corrected chi connectivity index (χ4v) is 2.57. The van der Waals surface area contributed by atoms with Crippen molar-refractivity contribution < 1.29 is 0 Å². The van der Waals surface area contributed by atoms with Crippen molar-refractivity contribution in [3.05, 3.63) is 46.7 Å². The maximum absolute atomic E-state index is 6.14. The predicted molar refractivity (Wildman–Crippen MR) is 64.7 cm³/mol. The van der Waals surface area contributed by atoms with Gasteiger partial charge in [-0.2, -0.15) is 5.10 Å². The molecule has 1 atom stereocenters. The number of benzene rings is 1. The van der Waals surface area contributed by atoms with Gasteiger partial charge in [0.05, 0.1) is 23.0 Å². The van der Waals surface area contributed by atoms with Gasteiger partial charge in [0.2, 0.25) is 0 Å². The van der Waals surface area contributed by atoms with Crippen LogP contribution in [0.4, 0.5) is 5.69 Å². The van der Waals surface area contributed by atoms with Crippen LogP contribution in [0.1, 0.15) is 17.3 Å². The number of aryl methyl sites for hydroxylation is 1. The van der Waals surface area contributed by atoms with Crippen molar-refractivity contribution in [2.45, 2.75) is 12.5 Å². The Hall–Kier alpha value is -1.48. The fourth-order valence-electron chi connectivity index (χ4n) is 2.27. The topological polar surface area (TPSA) is 29.9 Å². The second-order valence-corrected chi connectivity index (χ2v) is 4.47. The number of rotatable bonds is 1. The van der Waals surface area contributed by atoms with Crippen molar-refractivity contribution in [3.8, 4) is 0 Å². The zero-order chi connectivity index (χ0) is 11.1. The summed E-state index contributed by atoms with van der Waals surface area (Å²) < 4.78 is 1.84. The highest BCUT2D eigenvalue weighted by molar-refractivity contribution is 6.31. The van der Waals surface area contributed by atoms with Crippen LogP contribution < -0.4 is 5.32 Å². The first-order valence-electron chi connectivity index (χ1n) is 5.27. The van der Waals surface area contributed by atoms with Crippen molar-refractivity contribution in [2.24, 2.45) is 7.05 Å². The molecular weight excluding hydrogens is 222 g/mol. The van der Waals surface area contributed by atoms with Crippen molar-refractivity contribution in [1.82, 2.24) is 9.78 Å². The van der Waals surface area contributed by atoms with Gasteiger partial charge < -0.3 is 5.32 Å². The van der Waals surface area contributed by atoms with Gasteiger partial charge in [-0.05, 0) is 11.6 Å². The lowest BCUT2D eigenvalue weighted by molar-refractivity contribution is 0.660. The fraction of sp³-hybridized carbons (Fsp3) is 0.250. The molecule has 4 heteroatoms. The number of fused-ring (bicyclic) bond motifs is 1. The highest BCUT2D eigenvalue weighted by atomic mass is 35.5. The highest BCUT2D eigenvalue weighted by Crippen LogP contribution is 2.36. The van der Waals surface area contributed by atoms with Crippen molar-refractivity contribution >= 4 is 17.3 Å². The second-order valence-electron chi connectivity index (χ2n) is 4.06. The number of halogens is 1. The molecule has 1 aromatic heterocycles. The van der Waals surface area contributed by atoms with Crippen LogP contribution in [0.3, 0.4) is 0 Å². The van der Waals surface area contributed by atoms with E-state index in [1.54, 1.807) is 6.20 Å². The molecule has 0 radical (unpaired) electrons. The summed E-state index contributed by atoms with van der Waals surface area (Å²) in [6.45, 7) is 0. The molecule has 16 heavy (non-hydrogen) atoms. The Morgan fingerprint density at radius 1 is 1.44 bits per heavy atom. The number of nitrogens with zero attached hydrogens (tertiary/aromatic N) is 2. The second kappa shape index (κ2) is 3.52. The van der Waals surface area contributed by atoms with E-state index in [4.69, 9.17) is 11.6 Å². The molecule has 0 amide bonds. The minimum absolute atomic E-state index is 0.234. The zero-order valence-electron chi connectivity index (χ0n) is 8.94. The summed E-state index contributed by atoms with van der Waals surface area (Å²) in [4.78, 5) is 0. The van der Waals surface area contributed by atoms with E-state index in [0.29, 0.717) is 0 Å². The van der Waals surface area contributed by atoms with E-state index in [1.165, 1.54) is 11.3 Å². The monoisotopic (exact) mass is 233 g/mol. The summed E-state index contributed by atoms with van der Waals surface area (Å²) in [5.74, 6) is 0. The van der Waals surface area contributed by atoms with Crippen LogP contribution in [0, 0.1) is 0 Å². The number of para-hydroxylation sites is 1.